The lowest BCUT2D eigenvalue weighted by Crippen LogP contribution is -2.19. The summed E-state index contributed by atoms with van der Waals surface area (Å²) in [5.41, 5.74) is 9.85. The van der Waals surface area contributed by atoms with Crippen LogP contribution in [-0.4, -0.2) is 17.1 Å². The number of nitrogens with two attached hydrogens (primary N) is 2. The van der Waals surface area contributed by atoms with Crippen molar-refractivity contribution in [2.24, 2.45) is 11.5 Å². The van der Waals surface area contributed by atoms with E-state index < -0.39 is 0 Å². The van der Waals surface area contributed by atoms with E-state index in [1.165, 1.54) is 0 Å². The maximum Gasteiger partial charge on any atom is 0.256 e. The Morgan fingerprint density at radius 3 is 1.67 bits per heavy atom. The lowest BCUT2D eigenvalue weighted by atomic mass is 11.2. The van der Waals surface area contributed by atoms with Crippen molar-refractivity contribution in [2.75, 3.05) is 6.79 Å². The van der Waals surface area contributed by atoms with Crippen molar-refractivity contribution < 1.29 is 9.47 Å². The van der Waals surface area contributed by atoms with Gasteiger partial charge in [-0.15, -0.1) is 0 Å². The quantitative estimate of drug-likeness (QED) is 0.424. The average Bonchev–Trinajstić information content (AvgIpc) is 1.63. The zero-order valence-electron chi connectivity index (χ0n) is 4.49. The van der Waals surface area contributed by atoms with Crippen LogP contribution in [-0.2, 0) is 9.47 Å². The van der Waals surface area contributed by atoms with Gasteiger partial charge in [0.05, 0.1) is 0 Å². The van der Waals surface area contributed by atoms with Crippen LogP contribution in [0, 0.1) is 0 Å². The molecule has 0 saturated carbocycles. The maximum atomic E-state index is 4.92. The molecule has 6 heteroatoms. The number of hydrogen-bond acceptors (Lipinski definition) is 4. The molecule has 0 heterocycles. The minimum absolute atomic E-state index is 0.0914. The smallest absolute Gasteiger partial charge is 0.256 e. The lowest BCUT2D eigenvalue weighted by molar-refractivity contribution is 0.103. The minimum Gasteiger partial charge on any atom is -0.433 e. The van der Waals surface area contributed by atoms with Gasteiger partial charge in [0.15, 0.2) is 0 Å². The molecule has 0 amide bonds. The predicted octanol–water partition coefficient (Wildman–Crippen LogP) is -0.536. The van der Waals surface area contributed by atoms with Gasteiger partial charge in [-0.25, -0.2) is 0 Å². The van der Waals surface area contributed by atoms with Crippen LogP contribution < -0.4 is 11.5 Å². The minimum atomic E-state index is -0.120. The Labute approximate surface area is 63.1 Å². The third-order valence-corrected chi connectivity index (χ3v) is 0.638. The van der Waals surface area contributed by atoms with E-state index in [1.807, 2.05) is 0 Å². The van der Waals surface area contributed by atoms with Crippen LogP contribution in [0.1, 0.15) is 0 Å². The third-order valence-electron chi connectivity index (χ3n) is 0.402. The van der Waals surface area contributed by atoms with Gasteiger partial charge < -0.3 is 20.9 Å². The van der Waals surface area contributed by atoms with Gasteiger partial charge in [-0.2, -0.15) is 0 Å². The maximum absolute atomic E-state index is 4.92. The summed E-state index contributed by atoms with van der Waals surface area (Å²) in [6.45, 7) is -0.120. The highest BCUT2D eigenvalue weighted by Gasteiger charge is 1.88. The number of ether oxygens (including phenoxy) is 2. The summed E-state index contributed by atoms with van der Waals surface area (Å²) < 4.78 is 8.94. The Hall–Kier alpha value is -0.620. The van der Waals surface area contributed by atoms with E-state index in [9.17, 15) is 0 Å². The molecule has 0 spiro atoms. The molecule has 9 heavy (non-hydrogen) atoms. The van der Waals surface area contributed by atoms with Gasteiger partial charge in [-0.3, -0.25) is 0 Å². The van der Waals surface area contributed by atoms with E-state index in [1.54, 1.807) is 0 Å². The zero-order chi connectivity index (χ0) is 7.28. The fraction of sp³-hybridized carbons (Fsp3) is 0.333. The van der Waals surface area contributed by atoms with Crippen molar-refractivity contribution in [1.29, 1.82) is 0 Å². The largest absolute Gasteiger partial charge is 0.433 e. The van der Waals surface area contributed by atoms with Crippen molar-refractivity contribution in [3.05, 3.63) is 0 Å². The average molecular weight is 166 g/mol. The van der Waals surface area contributed by atoms with E-state index in [2.05, 4.69) is 33.9 Å². The molecule has 0 aromatic heterocycles. The molecule has 0 aliphatic carbocycles. The Balaban J connectivity index is 3.10. The predicted molar refractivity (Wildman–Crippen MR) is 40.6 cm³/mol. The first-order chi connectivity index (χ1) is 4.13. The van der Waals surface area contributed by atoms with Gasteiger partial charge >= 0.3 is 0 Å². The van der Waals surface area contributed by atoms with Gasteiger partial charge in [0.1, 0.15) is 0 Å². The van der Waals surface area contributed by atoms with E-state index >= 15 is 0 Å². The summed E-state index contributed by atoms with van der Waals surface area (Å²) in [5, 5.41) is -0.183. The number of thiocarbonyl (C=S) groups is 2. The van der Waals surface area contributed by atoms with Crippen molar-refractivity contribution in [1.82, 2.24) is 0 Å². The Bertz CT molecular complexity index is 113. The first kappa shape index (κ1) is 8.38. The molecule has 0 rings (SSSR count). The van der Waals surface area contributed by atoms with Gasteiger partial charge in [0, 0.05) is 0 Å². The van der Waals surface area contributed by atoms with Gasteiger partial charge in [0.2, 0.25) is 6.79 Å². The van der Waals surface area contributed by atoms with Crippen LogP contribution >= 0.6 is 24.4 Å². The van der Waals surface area contributed by atoms with Crippen LogP contribution in [0.5, 0.6) is 0 Å². The normalized spacial score (nSPS) is 8.00. The van der Waals surface area contributed by atoms with Crippen molar-refractivity contribution in [3.63, 3.8) is 0 Å². The summed E-state index contributed by atoms with van der Waals surface area (Å²) in [5.74, 6) is 0. The van der Waals surface area contributed by atoms with Crippen molar-refractivity contribution in [3.8, 4) is 0 Å². The molecule has 0 aliphatic rings. The molecular formula is C3H6N2O2S2. The lowest BCUT2D eigenvalue weighted by Gasteiger charge is -2.02. The second-order valence-corrected chi connectivity index (χ2v) is 1.85. The van der Waals surface area contributed by atoms with E-state index in [-0.39, 0.29) is 17.1 Å². The van der Waals surface area contributed by atoms with Crippen LogP contribution in [0.2, 0.25) is 0 Å². The van der Waals surface area contributed by atoms with Crippen LogP contribution in [0.15, 0.2) is 0 Å². The van der Waals surface area contributed by atoms with Crippen LogP contribution in [0.3, 0.4) is 0 Å². The van der Waals surface area contributed by atoms with Gasteiger partial charge in [-0.05, 0) is 24.4 Å². The molecule has 4 nitrogen and oxygen atoms in total. The van der Waals surface area contributed by atoms with Gasteiger partial charge in [0.25, 0.3) is 10.3 Å². The fourth-order valence-corrected chi connectivity index (χ4v) is 0.242. The number of hydrogen-bond donors (Lipinski definition) is 2. The molecule has 0 unspecified atom stereocenters. The van der Waals surface area contributed by atoms with E-state index in [0.717, 1.165) is 0 Å². The second kappa shape index (κ2) is 4.28. The summed E-state index contributed by atoms with van der Waals surface area (Å²) in [4.78, 5) is 0. The second-order valence-electron chi connectivity index (χ2n) is 1.04. The molecular weight excluding hydrogens is 160 g/mol. The molecule has 0 bridgehead atoms. The van der Waals surface area contributed by atoms with Gasteiger partial charge in [-0.1, -0.05) is 0 Å². The monoisotopic (exact) mass is 166 g/mol. The van der Waals surface area contributed by atoms with E-state index in [0.29, 0.717) is 0 Å². The molecule has 4 N–H and O–H groups in total. The SMILES string of the molecule is NC(=S)OCOC(N)=S. The standard InChI is InChI=1S/C3H6N2O2S2/c4-2(8)6-1-7-3(5)9/h1H2,(H2,4,8)(H2,5,9). The first-order valence-electron chi connectivity index (χ1n) is 1.97. The molecule has 0 saturated heterocycles. The Kier molecular flexibility index (Phi) is 3.98. The summed E-state index contributed by atoms with van der Waals surface area (Å²) in [6, 6.07) is 0. The molecule has 0 aromatic rings. The highest BCUT2D eigenvalue weighted by atomic mass is 32.1. The summed E-state index contributed by atoms with van der Waals surface area (Å²) >= 11 is 8.68. The fourth-order valence-electron chi connectivity index (χ4n) is 0.146. The number of rotatable bonds is 2. The highest BCUT2D eigenvalue weighted by Crippen LogP contribution is 1.77. The van der Waals surface area contributed by atoms with Crippen molar-refractivity contribution >= 4 is 34.8 Å². The molecule has 0 fully saturated rings. The third kappa shape index (κ3) is 7.38. The van der Waals surface area contributed by atoms with E-state index in [4.69, 9.17) is 11.5 Å². The topological polar surface area (TPSA) is 70.5 Å². The molecule has 0 aromatic carbocycles. The van der Waals surface area contributed by atoms with Crippen molar-refractivity contribution in [2.45, 2.75) is 0 Å². The zero-order valence-corrected chi connectivity index (χ0v) is 6.13. The summed E-state index contributed by atoms with van der Waals surface area (Å²) in [6.07, 6.45) is 0. The highest BCUT2D eigenvalue weighted by molar-refractivity contribution is 7.80. The van der Waals surface area contributed by atoms with Crippen LogP contribution in [0.4, 0.5) is 0 Å². The molecule has 52 valence electrons. The summed E-state index contributed by atoms with van der Waals surface area (Å²) in [7, 11) is 0. The first-order valence-corrected chi connectivity index (χ1v) is 2.79. The Morgan fingerprint density at radius 2 is 1.44 bits per heavy atom. The molecule has 0 aliphatic heterocycles. The Morgan fingerprint density at radius 1 is 1.11 bits per heavy atom. The van der Waals surface area contributed by atoms with Crippen LogP contribution in [0.25, 0.3) is 0 Å². The molecule has 0 radical (unpaired) electrons. The molecule has 0 atom stereocenters.